The van der Waals surface area contributed by atoms with Crippen LogP contribution in [0.4, 0.5) is 5.69 Å². The Labute approximate surface area is 161 Å². The summed E-state index contributed by atoms with van der Waals surface area (Å²) < 4.78 is 10.9. The van der Waals surface area contributed by atoms with Gasteiger partial charge in [-0.3, -0.25) is 4.99 Å². The van der Waals surface area contributed by atoms with Crippen LogP contribution in [-0.4, -0.2) is 33.3 Å². The van der Waals surface area contributed by atoms with Crippen LogP contribution in [0, 0.1) is 0 Å². The molecule has 0 fully saturated rings. The van der Waals surface area contributed by atoms with Crippen LogP contribution in [0.2, 0.25) is 0 Å². The predicted octanol–water partition coefficient (Wildman–Crippen LogP) is 4.20. The summed E-state index contributed by atoms with van der Waals surface area (Å²) in [5.74, 6) is 2.22. The monoisotopic (exact) mass is 445 g/mol. The van der Waals surface area contributed by atoms with E-state index in [4.69, 9.17) is 9.47 Å². The van der Waals surface area contributed by atoms with E-state index in [1.165, 1.54) is 19.3 Å². The maximum absolute atomic E-state index is 5.53. The van der Waals surface area contributed by atoms with E-state index in [0.29, 0.717) is 12.4 Å². The van der Waals surface area contributed by atoms with E-state index in [1.54, 1.807) is 19.7 Å². The van der Waals surface area contributed by atoms with Crippen LogP contribution in [0.3, 0.4) is 0 Å². The van der Waals surface area contributed by atoms with Gasteiger partial charge in [0, 0.05) is 25.3 Å². The minimum atomic E-state index is 0. The third-order valence-electron chi connectivity index (χ3n) is 3.82. The highest BCUT2D eigenvalue weighted by Gasteiger charge is 2.08. The first-order chi connectivity index (χ1) is 11.3. The molecular weight excluding hydrogens is 417 g/mol. The molecule has 0 aromatic heterocycles. The lowest BCUT2D eigenvalue weighted by Gasteiger charge is -2.14. The average molecular weight is 445 g/mol. The molecule has 0 radical (unpaired) electrons. The molecule has 0 bridgehead atoms. The van der Waals surface area contributed by atoms with Gasteiger partial charge in [0.25, 0.3) is 0 Å². The van der Waals surface area contributed by atoms with Gasteiger partial charge in [-0.15, -0.1) is 24.0 Å². The summed E-state index contributed by atoms with van der Waals surface area (Å²) in [6, 6.07) is 5.78. The zero-order valence-corrected chi connectivity index (χ0v) is 17.1. The number of hydrogen-bond acceptors (Lipinski definition) is 3. The van der Waals surface area contributed by atoms with Crippen molar-refractivity contribution in [2.24, 2.45) is 4.99 Å². The summed E-state index contributed by atoms with van der Waals surface area (Å²) in [6.07, 6.45) is 7.20. The molecule has 0 saturated heterocycles. The van der Waals surface area contributed by atoms with Crippen molar-refractivity contribution < 1.29 is 9.47 Å². The Morgan fingerprint density at radius 2 is 2.12 bits per heavy atom. The molecule has 1 aromatic carbocycles. The number of nitrogens with zero attached hydrogens (tertiary/aromatic N) is 1. The Bertz CT molecular complexity index is 573. The third-order valence-corrected chi connectivity index (χ3v) is 3.82. The van der Waals surface area contributed by atoms with Crippen molar-refractivity contribution in [3.8, 4) is 11.5 Å². The summed E-state index contributed by atoms with van der Waals surface area (Å²) >= 11 is 0. The first kappa shape index (κ1) is 20.6. The number of guanidine groups is 1. The minimum absolute atomic E-state index is 0. The Hall–Kier alpha value is -1.44. The smallest absolute Gasteiger partial charge is 0.195 e. The molecule has 2 rings (SSSR count). The van der Waals surface area contributed by atoms with Gasteiger partial charge in [-0.1, -0.05) is 11.6 Å². The lowest BCUT2D eigenvalue weighted by atomic mass is 10.2. The minimum Gasteiger partial charge on any atom is -0.493 e. The van der Waals surface area contributed by atoms with Crippen molar-refractivity contribution >= 4 is 35.6 Å². The van der Waals surface area contributed by atoms with Crippen molar-refractivity contribution in [2.45, 2.75) is 32.6 Å². The van der Waals surface area contributed by atoms with Crippen LogP contribution >= 0.6 is 24.0 Å². The highest BCUT2D eigenvalue weighted by molar-refractivity contribution is 14.0. The standard InChI is InChI=1S/C18H27N3O2.HI/c1-4-23-16-10-9-15(13-17(16)22-3)21-18(19-2)20-12-11-14-7-5-6-8-14;/h7,9-10,13H,4-6,8,11-12H2,1-3H3,(H2,19,20,21);1H. The van der Waals surface area contributed by atoms with Crippen LogP contribution in [0.15, 0.2) is 34.8 Å². The van der Waals surface area contributed by atoms with Gasteiger partial charge in [-0.05, 0) is 44.7 Å². The molecule has 134 valence electrons. The first-order valence-electron chi connectivity index (χ1n) is 8.23. The van der Waals surface area contributed by atoms with Gasteiger partial charge < -0.3 is 20.1 Å². The average Bonchev–Trinajstić information content (AvgIpc) is 3.08. The molecule has 0 saturated carbocycles. The number of benzene rings is 1. The molecule has 1 aromatic rings. The zero-order valence-electron chi connectivity index (χ0n) is 14.7. The number of aliphatic imine (C=N–C) groups is 1. The molecule has 24 heavy (non-hydrogen) atoms. The van der Waals surface area contributed by atoms with E-state index in [0.717, 1.165) is 30.4 Å². The Morgan fingerprint density at radius 3 is 2.75 bits per heavy atom. The van der Waals surface area contributed by atoms with Gasteiger partial charge in [0.2, 0.25) is 0 Å². The third kappa shape index (κ3) is 6.22. The second kappa shape index (κ2) is 11.2. The summed E-state index contributed by atoms with van der Waals surface area (Å²) in [5.41, 5.74) is 2.47. The number of rotatable bonds is 7. The summed E-state index contributed by atoms with van der Waals surface area (Å²) in [4.78, 5) is 4.26. The first-order valence-corrected chi connectivity index (χ1v) is 8.23. The van der Waals surface area contributed by atoms with E-state index < -0.39 is 0 Å². The molecule has 1 aliphatic carbocycles. The van der Waals surface area contributed by atoms with Gasteiger partial charge in [0.05, 0.1) is 13.7 Å². The molecule has 1 aliphatic rings. The van der Waals surface area contributed by atoms with Crippen molar-refractivity contribution in [3.05, 3.63) is 29.8 Å². The highest BCUT2D eigenvalue weighted by atomic mass is 127. The number of anilines is 1. The SMILES string of the molecule is CCOc1ccc(NC(=NC)NCCC2=CCCC2)cc1OC.I. The fourth-order valence-corrected chi connectivity index (χ4v) is 2.64. The Morgan fingerprint density at radius 1 is 1.29 bits per heavy atom. The van der Waals surface area contributed by atoms with E-state index in [1.807, 2.05) is 25.1 Å². The lowest BCUT2D eigenvalue weighted by Crippen LogP contribution is -2.31. The normalized spacial score (nSPS) is 13.8. The maximum Gasteiger partial charge on any atom is 0.195 e. The van der Waals surface area contributed by atoms with Gasteiger partial charge >= 0.3 is 0 Å². The molecule has 0 unspecified atom stereocenters. The van der Waals surface area contributed by atoms with E-state index in [2.05, 4.69) is 21.7 Å². The van der Waals surface area contributed by atoms with Crippen molar-refractivity contribution in [3.63, 3.8) is 0 Å². The fraction of sp³-hybridized carbons (Fsp3) is 0.500. The van der Waals surface area contributed by atoms with Crippen LogP contribution in [-0.2, 0) is 0 Å². The quantitative estimate of drug-likeness (QED) is 0.286. The number of ether oxygens (including phenoxy) is 2. The molecule has 2 N–H and O–H groups in total. The van der Waals surface area contributed by atoms with Crippen LogP contribution < -0.4 is 20.1 Å². The second-order valence-electron chi connectivity index (χ2n) is 5.43. The van der Waals surface area contributed by atoms with Crippen molar-refractivity contribution in [1.29, 1.82) is 0 Å². The maximum atomic E-state index is 5.53. The van der Waals surface area contributed by atoms with E-state index >= 15 is 0 Å². The largest absolute Gasteiger partial charge is 0.493 e. The molecule has 0 spiro atoms. The van der Waals surface area contributed by atoms with Gasteiger partial charge in [-0.2, -0.15) is 0 Å². The molecular formula is C18H28IN3O2. The zero-order chi connectivity index (χ0) is 16.5. The number of allylic oxidation sites excluding steroid dienone is 1. The lowest BCUT2D eigenvalue weighted by molar-refractivity contribution is 0.311. The molecule has 5 nitrogen and oxygen atoms in total. The summed E-state index contributed by atoms with van der Waals surface area (Å²) in [6.45, 7) is 3.46. The number of hydrogen-bond donors (Lipinski definition) is 2. The number of nitrogens with one attached hydrogen (secondary N) is 2. The van der Waals surface area contributed by atoms with Crippen molar-refractivity contribution in [2.75, 3.05) is 32.6 Å². The molecule has 6 heteroatoms. The Kier molecular flexibility index (Phi) is 9.59. The molecule has 0 amide bonds. The van der Waals surface area contributed by atoms with Crippen LogP contribution in [0.1, 0.15) is 32.6 Å². The molecule has 0 atom stereocenters. The van der Waals surface area contributed by atoms with Gasteiger partial charge in [-0.25, -0.2) is 0 Å². The van der Waals surface area contributed by atoms with Gasteiger partial charge in [0.15, 0.2) is 17.5 Å². The summed E-state index contributed by atoms with van der Waals surface area (Å²) in [7, 11) is 3.42. The van der Waals surface area contributed by atoms with Gasteiger partial charge in [0.1, 0.15) is 0 Å². The van der Waals surface area contributed by atoms with Crippen molar-refractivity contribution in [1.82, 2.24) is 5.32 Å². The number of halogens is 1. The van der Waals surface area contributed by atoms with E-state index in [-0.39, 0.29) is 24.0 Å². The number of methoxy groups -OCH3 is 1. The second-order valence-corrected chi connectivity index (χ2v) is 5.43. The molecule has 0 aliphatic heterocycles. The van der Waals surface area contributed by atoms with E-state index in [9.17, 15) is 0 Å². The van der Waals surface area contributed by atoms with Crippen LogP contribution in [0.25, 0.3) is 0 Å². The predicted molar refractivity (Wildman–Crippen MR) is 111 cm³/mol. The highest BCUT2D eigenvalue weighted by Crippen LogP contribution is 2.30. The Balaban J connectivity index is 0.00000288. The van der Waals surface area contributed by atoms with Crippen LogP contribution in [0.5, 0.6) is 11.5 Å². The fourth-order valence-electron chi connectivity index (χ4n) is 2.64. The summed E-state index contributed by atoms with van der Waals surface area (Å²) in [5, 5.41) is 6.63. The molecule has 0 heterocycles. The topological polar surface area (TPSA) is 54.9 Å².